The Balaban J connectivity index is 1.11. The number of nitrogen functional groups attached to an aromatic ring is 1. The maximum absolute atomic E-state index is 12.9. The molecule has 0 atom stereocenters. The molecule has 0 spiro atoms. The number of benzene rings is 1. The van der Waals surface area contributed by atoms with E-state index in [1.165, 1.54) is 19.3 Å². The molecule has 0 aliphatic heterocycles. The van der Waals surface area contributed by atoms with E-state index in [4.69, 9.17) is 10.5 Å². The van der Waals surface area contributed by atoms with Gasteiger partial charge in [-0.1, -0.05) is 12.1 Å². The van der Waals surface area contributed by atoms with E-state index in [0.29, 0.717) is 18.2 Å². The predicted octanol–water partition coefficient (Wildman–Crippen LogP) is 2.98. The van der Waals surface area contributed by atoms with E-state index in [0.717, 1.165) is 47.9 Å². The van der Waals surface area contributed by atoms with Gasteiger partial charge in [-0.05, 0) is 68.4 Å². The van der Waals surface area contributed by atoms with Gasteiger partial charge < -0.3 is 15.8 Å². The molecule has 0 unspecified atom stereocenters. The molecule has 2 aromatic rings. The van der Waals surface area contributed by atoms with Crippen LogP contribution < -0.4 is 11.1 Å². The number of para-hydroxylation sites is 1. The molecule has 4 aliphatic carbocycles. The van der Waals surface area contributed by atoms with Crippen molar-refractivity contribution in [1.82, 2.24) is 15.3 Å². The summed E-state index contributed by atoms with van der Waals surface area (Å²) in [5.41, 5.74) is 6.50. The van der Waals surface area contributed by atoms with E-state index in [-0.39, 0.29) is 30.3 Å². The average molecular weight is 409 g/mol. The minimum absolute atomic E-state index is 0.0310. The smallest absolute Gasteiger partial charge is 0.308 e. The summed E-state index contributed by atoms with van der Waals surface area (Å²) in [5, 5.41) is 3.79. The molecule has 4 fully saturated rings. The molecule has 7 heteroatoms. The highest BCUT2D eigenvalue weighted by Crippen LogP contribution is 2.60. The maximum Gasteiger partial charge on any atom is 0.308 e. The first-order chi connectivity index (χ1) is 14.5. The zero-order valence-electron chi connectivity index (χ0n) is 17.1. The zero-order valence-corrected chi connectivity index (χ0v) is 17.1. The van der Waals surface area contributed by atoms with Gasteiger partial charge in [0.25, 0.3) is 0 Å². The molecule has 0 radical (unpaired) electrons. The fourth-order valence-electron chi connectivity index (χ4n) is 6.29. The number of carbonyl (C=O) groups excluding carboxylic acids is 2. The zero-order chi connectivity index (χ0) is 20.7. The first-order valence-electron chi connectivity index (χ1n) is 11.0. The van der Waals surface area contributed by atoms with Crippen molar-refractivity contribution >= 4 is 28.6 Å². The van der Waals surface area contributed by atoms with Gasteiger partial charge in [-0.3, -0.25) is 9.59 Å². The minimum atomic E-state index is -0.379. The Kier molecular flexibility index (Phi) is 4.83. The summed E-state index contributed by atoms with van der Waals surface area (Å²) >= 11 is 0. The van der Waals surface area contributed by atoms with Crippen molar-refractivity contribution in [2.24, 2.45) is 23.2 Å². The molecule has 6 rings (SSSR count). The van der Waals surface area contributed by atoms with Crippen LogP contribution in [0.2, 0.25) is 0 Å². The van der Waals surface area contributed by atoms with Crippen LogP contribution in [0.5, 0.6) is 0 Å². The number of nitrogens with zero attached hydrogens (tertiary/aromatic N) is 2. The molecule has 1 amide bonds. The Morgan fingerprint density at radius 3 is 2.43 bits per heavy atom. The molecule has 0 saturated heterocycles. The third kappa shape index (κ3) is 3.61. The second kappa shape index (κ2) is 7.52. The standard InChI is InChI=1S/C23H28N4O3/c24-21-17-3-1-2-4-18(17)26-19(27-21)13-30-20(28)5-6-25-22(29)23-10-14-7-15(11-23)9-16(8-14)12-23/h1-4,14-16H,5-13H2,(H,25,29)(H2,24,26,27). The maximum atomic E-state index is 12.9. The van der Waals surface area contributed by atoms with E-state index in [2.05, 4.69) is 15.3 Å². The fourth-order valence-corrected chi connectivity index (χ4v) is 6.29. The lowest BCUT2D eigenvalue weighted by atomic mass is 9.49. The molecule has 4 saturated carbocycles. The Morgan fingerprint density at radius 2 is 1.73 bits per heavy atom. The van der Waals surface area contributed by atoms with Crippen LogP contribution in [0.15, 0.2) is 24.3 Å². The summed E-state index contributed by atoms with van der Waals surface area (Å²) in [6, 6.07) is 7.45. The number of hydrogen-bond donors (Lipinski definition) is 2. The third-order valence-electron chi connectivity index (χ3n) is 7.18. The fraction of sp³-hybridized carbons (Fsp3) is 0.565. The summed E-state index contributed by atoms with van der Waals surface area (Å²) in [7, 11) is 0. The molecule has 4 aliphatic rings. The number of fused-ring (bicyclic) bond motifs is 1. The number of aromatic nitrogens is 2. The quantitative estimate of drug-likeness (QED) is 0.712. The van der Waals surface area contributed by atoms with Gasteiger partial charge in [-0.25, -0.2) is 9.97 Å². The predicted molar refractivity (Wildman–Crippen MR) is 112 cm³/mol. The van der Waals surface area contributed by atoms with Gasteiger partial charge in [0, 0.05) is 17.3 Å². The van der Waals surface area contributed by atoms with Crippen molar-refractivity contribution in [3.8, 4) is 0 Å². The van der Waals surface area contributed by atoms with Gasteiger partial charge >= 0.3 is 5.97 Å². The van der Waals surface area contributed by atoms with Gasteiger partial charge in [0.2, 0.25) is 5.91 Å². The Labute approximate surface area is 175 Å². The van der Waals surface area contributed by atoms with Gasteiger partial charge in [0.05, 0.1) is 11.9 Å². The Morgan fingerprint density at radius 1 is 1.07 bits per heavy atom. The van der Waals surface area contributed by atoms with Gasteiger partial charge in [-0.15, -0.1) is 0 Å². The lowest BCUT2D eigenvalue weighted by Crippen LogP contribution is -2.53. The molecule has 30 heavy (non-hydrogen) atoms. The van der Waals surface area contributed by atoms with Gasteiger partial charge in [0.1, 0.15) is 5.82 Å². The van der Waals surface area contributed by atoms with E-state index >= 15 is 0 Å². The summed E-state index contributed by atoms with van der Waals surface area (Å²) < 4.78 is 5.29. The number of nitrogens with two attached hydrogens (primary N) is 1. The van der Waals surface area contributed by atoms with E-state index in [1.54, 1.807) is 0 Å². The second-order valence-corrected chi connectivity index (χ2v) is 9.41. The second-order valence-electron chi connectivity index (χ2n) is 9.41. The summed E-state index contributed by atoms with van der Waals surface area (Å²) in [6.07, 6.45) is 7.13. The first kappa shape index (κ1) is 19.3. The summed E-state index contributed by atoms with van der Waals surface area (Å²) in [5.74, 6) is 2.67. The average Bonchev–Trinajstić information content (AvgIpc) is 2.71. The molecule has 4 bridgehead atoms. The van der Waals surface area contributed by atoms with Crippen LogP contribution in [-0.2, 0) is 20.9 Å². The topological polar surface area (TPSA) is 107 Å². The lowest BCUT2D eigenvalue weighted by molar-refractivity contribution is -0.147. The highest BCUT2D eigenvalue weighted by Gasteiger charge is 2.54. The molecule has 3 N–H and O–H groups in total. The number of anilines is 1. The van der Waals surface area contributed by atoms with E-state index < -0.39 is 0 Å². The van der Waals surface area contributed by atoms with Crippen molar-refractivity contribution in [1.29, 1.82) is 0 Å². The van der Waals surface area contributed by atoms with Crippen LogP contribution in [0.25, 0.3) is 10.9 Å². The number of carbonyl (C=O) groups is 2. The first-order valence-corrected chi connectivity index (χ1v) is 11.0. The molecular formula is C23H28N4O3. The molecule has 1 heterocycles. The van der Waals surface area contributed by atoms with Crippen LogP contribution in [0, 0.1) is 23.2 Å². The van der Waals surface area contributed by atoms with Crippen molar-refractivity contribution < 1.29 is 14.3 Å². The van der Waals surface area contributed by atoms with Crippen LogP contribution in [0.3, 0.4) is 0 Å². The lowest BCUT2D eigenvalue weighted by Gasteiger charge is -2.55. The number of amides is 1. The summed E-state index contributed by atoms with van der Waals surface area (Å²) in [4.78, 5) is 33.6. The van der Waals surface area contributed by atoms with Crippen LogP contribution >= 0.6 is 0 Å². The third-order valence-corrected chi connectivity index (χ3v) is 7.18. The molecule has 1 aromatic carbocycles. The SMILES string of the molecule is Nc1nc(COC(=O)CCNC(=O)C23CC4CC(CC(C4)C2)C3)nc2ccccc12. The number of nitrogens with one attached hydrogen (secondary N) is 1. The molecule has 1 aromatic heterocycles. The Hall–Kier alpha value is -2.70. The number of rotatable bonds is 6. The Bertz CT molecular complexity index is 954. The van der Waals surface area contributed by atoms with Gasteiger partial charge in [-0.2, -0.15) is 0 Å². The summed E-state index contributed by atoms with van der Waals surface area (Å²) in [6.45, 7) is 0.275. The minimum Gasteiger partial charge on any atom is -0.457 e. The largest absolute Gasteiger partial charge is 0.457 e. The van der Waals surface area contributed by atoms with Crippen molar-refractivity contribution in [3.63, 3.8) is 0 Å². The molecule has 7 nitrogen and oxygen atoms in total. The number of esters is 1. The highest BCUT2D eigenvalue weighted by molar-refractivity contribution is 5.87. The van der Waals surface area contributed by atoms with Crippen molar-refractivity contribution in [2.75, 3.05) is 12.3 Å². The van der Waals surface area contributed by atoms with Gasteiger partial charge in [0.15, 0.2) is 12.4 Å². The van der Waals surface area contributed by atoms with Crippen LogP contribution in [0.4, 0.5) is 5.82 Å². The van der Waals surface area contributed by atoms with E-state index in [9.17, 15) is 9.59 Å². The van der Waals surface area contributed by atoms with Crippen LogP contribution in [0.1, 0.15) is 50.8 Å². The number of hydrogen-bond acceptors (Lipinski definition) is 6. The van der Waals surface area contributed by atoms with Crippen molar-refractivity contribution in [3.05, 3.63) is 30.1 Å². The van der Waals surface area contributed by atoms with Crippen molar-refractivity contribution in [2.45, 2.75) is 51.6 Å². The highest BCUT2D eigenvalue weighted by atomic mass is 16.5. The molecule has 158 valence electrons. The normalized spacial score (nSPS) is 29.1. The molecular weight excluding hydrogens is 380 g/mol. The monoisotopic (exact) mass is 408 g/mol. The van der Waals surface area contributed by atoms with E-state index in [1.807, 2.05) is 24.3 Å². The van der Waals surface area contributed by atoms with Crippen LogP contribution in [-0.4, -0.2) is 28.4 Å². The number of ether oxygens (including phenoxy) is 1.